The number of hydrogen-bond acceptors (Lipinski definition) is 1. The zero-order valence-electron chi connectivity index (χ0n) is 5.27. The molecule has 0 spiro atoms. The molecule has 0 rings (SSSR count). The molecule has 0 aromatic carbocycles. The minimum atomic E-state index is 0. The number of carbonyl (C=O) groups is 1. The average molecular weight is 189 g/mol. The van der Waals surface area contributed by atoms with Gasteiger partial charge in [-0.1, -0.05) is 6.92 Å². The van der Waals surface area contributed by atoms with Crippen LogP contribution < -0.4 is 5.32 Å². The molecule has 8 heavy (non-hydrogen) atoms. The Morgan fingerprint density at radius 1 is 1.75 bits per heavy atom. The summed E-state index contributed by atoms with van der Waals surface area (Å²) in [6, 6.07) is 0. The van der Waals surface area contributed by atoms with Crippen LogP contribution in [0.4, 0.5) is 0 Å². The standard InChI is InChI=1S/C5H10NO.Y/c1-3-4-6-5(2)7;/h4H,3H2,1-2H3,(H,6,7);/q-1;. The molecule has 45 valence electrons. The fourth-order valence-electron chi connectivity index (χ4n) is 0.246. The van der Waals surface area contributed by atoms with E-state index in [0.717, 1.165) is 6.42 Å². The quantitative estimate of drug-likeness (QED) is 0.636. The first-order valence-corrected chi connectivity index (χ1v) is 2.36. The molecule has 0 aliphatic rings. The monoisotopic (exact) mass is 189 g/mol. The number of amides is 1. The summed E-state index contributed by atoms with van der Waals surface area (Å²) in [5.41, 5.74) is 0. The first-order chi connectivity index (χ1) is 3.27. The van der Waals surface area contributed by atoms with Gasteiger partial charge in [0.15, 0.2) is 5.91 Å². The molecule has 0 bridgehead atoms. The van der Waals surface area contributed by atoms with Crippen LogP contribution in [0.5, 0.6) is 0 Å². The van der Waals surface area contributed by atoms with Gasteiger partial charge in [0.05, 0.1) is 0 Å². The summed E-state index contributed by atoms with van der Waals surface area (Å²) in [6.45, 7) is 5.18. The second kappa shape index (κ2) is 7.57. The van der Waals surface area contributed by atoms with Crippen LogP contribution in [0.25, 0.3) is 0 Å². The van der Waals surface area contributed by atoms with Crippen molar-refractivity contribution in [2.24, 2.45) is 0 Å². The molecule has 0 aliphatic heterocycles. The summed E-state index contributed by atoms with van der Waals surface area (Å²) < 4.78 is 0. The summed E-state index contributed by atoms with van der Waals surface area (Å²) >= 11 is 0. The average Bonchev–Trinajstić information content (AvgIpc) is 1.61. The first kappa shape index (κ1) is 11.4. The molecule has 0 atom stereocenters. The summed E-state index contributed by atoms with van der Waals surface area (Å²) in [5.74, 6) is 0.00171. The number of carbonyl (C=O) groups excluding carboxylic acids is 1. The van der Waals surface area contributed by atoms with Gasteiger partial charge in [-0.2, -0.15) is 6.42 Å². The van der Waals surface area contributed by atoms with Crippen molar-refractivity contribution in [2.45, 2.75) is 20.3 Å². The van der Waals surface area contributed by atoms with Crippen molar-refractivity contribution < 1.29 is 37.5 Å². The number of hydrogen-bond donors (Lipinski definition) is 1. The first-order valence-electron chi connectivity index (χ1n) is 2.36. The minimum absolute atomic E-state index is 0. The third-order valence-corrected chi connectivity index (χ3v) is 0.509. The molecule has 1 N–H and O–H groups in total. The summed E-state index contributed by atoms with van der Waals surface area (Å²) in [7, 11) is 0. The topological polar surface area (TPSA) is 29.1 Å². The van der Waals surface area contributed by atoms with Crippen LogP contribution in [0.1, 0.15) is 20.3 Å². The van der Waals surface area contributed by atoms with E-state index in [1.54, 1.807) is 6.54 Å². The molecule has 0 unspecified atom stereocenters. The molecule has 0 aromatic rings. The maximum absolute atomic E-state index is 10.1. The van der Waals surface area contributed by atoms with E-state index in [1.165, 1.54) is 6.92 Å². The van der Waals surface area contributed by atoms with Crippen LogP contribution in [0.3, 0.4) is 0 Å². The molecule has 0 aliphatic carbocycles. The number of rotatable bonds is 2. The molecule has 0 fully saturated rings. The van der Waals surface area contributed by atoms with Crippen molar-refractivity contribution in [1.29, 1.82) is 0 Å². The van der Waals surface area contributed by atoms with E-state index in [1.807, 2.05) is 6.92 Å². The van der Waals surface area contributed by atoms with Crippen LogP contribution in [-0.2, 0) is 37.5 Å². The molecule has 1 radical (unpaired) electrons. The van der Waals surface area contributed by atoms with Gasteiger partial charge >= 0.3 is 0 Å². The van der Waals surface area contributed by atoms with Gasteiger partial charge in [-0.25, -0.2) is 6.54 Å². The van der Waals surface area contributed by atoms with Gasteiger partial charge in [0.1, 0.15) is 0 Å². The maximum atomic E-state index is 10.1. The Bertz CT molecular complexity index is 65.4. The Morgan fingerprint density at radius 2 is 2.25 bits per heavy atom. The Balaban J connectivity index is 0. The second-order valence-electron chi connectivity index (χ2n) is 1.31. The van der Waals surface area contributed by atoms with Crippen LogP contribution in [0.2, 0.25) is 0 Å². The normalized spacial score (nSPS) is 7.25. The van der Waals surface area contributed by atoms with E-state index in [2.05, 4.69) is 5.32 Å². The fraction of sp³-hybridized carbons (Fsp3) is 0.600. The SMILES string of the molecule is CC[CH-]NC(C)=O.[Y]. The molecular weight excluding hydrogens is 179 g/mol. The summed E-state index contributed by atoms with van der Waals surface area (Å²) in [5, 5.41) is 2.53. The van der Waals surface area contributed by atoms with Crippen LogP contribution in [0.15, 0.2) is 0 Å². The van der Waals surface area contributed by atoms with Crippen molar-refractivity contribution >= 4 is 5.91 Å². The molecule has 0 heterocycles. The van der Waals surface area contributed by atoms with E-state index in [-0.39, 0.29) is 38.6 Å². The molecule has 2 nitrogen and oxygen atoms in total. The van der Waals surface area contributed by atoms with Gasteiger partial charge < -0.3 is 5.32 Å². The van der Waals surface area contributed by atoms with Gasteiger partial charge in [0.25, 0.3) is 0 Å². The zero-order valence-corrected chi connectivity index (χ0v) is 8.11. The molecule has 0 saturated carbocycles. The summed E-state index contributed by atoms with van der Waals surface area (Å²) in [4.78, 5) is 10.1. The minimum Gasteiger partial charge on any atom is -0.506 e. The smallest absolute Gasteiger partial charge is 0.187 e. The maximum Gasteiger partial charge on any atom is 0.187 e. The van der Waals surface area contributed by atoms with Gasteiger partial charge in [-0.3, -0.25) is 4.79 Å². The van der Waals surface area contributed by atoms with Crippen LogP contribution in [-0.4, -0.2) is 5.91 Å². The third kappa shape index (κ3) is 9.76. The predicted molar refractivity (Wildman–Crippen MR) is 28.4 cm³/mol. The molecule has 3 heteroatoms. The Kier molecular flexibility index (Phi) is 10.8. The Labute approximate surface area is 75.3 Å². The van der Waals surface area contributed by atoms with Crippen molar-refractivity contribution in [1.82, 2.24) is 5.32 Å². The summed E-state index contributed by atoms with van der Waals surface area (Å²) in [6.07, 6.45) is 0.888. The van der Waals surface area contributed by atoms with E-state index in [0.29, 0.717) is 0 Å². The molecule has 0 aromatic heterocycles. The van der Waals surface area contributed by atoms with E-state index < -0.39 is 0 Å². The third-order valence-electron chi connectivity index (χ3n) is 0.509. The van der Waals surface area contributed by atoms with E-state index in [9.17, 15) is 4.79 Å². The van der Waals surface area contributed by atoms with Crippen molar-refractivity contribution in [3.8, 4) is 0 Å². The number of nitrogens with one attached hydrogen (secondary N) is 1. The largest absolute Gasteiger partial charge is 0.506 e. The molecule has 1 amide bonds. The van der Waals surface area contributed by atoms with Gasteiger partial charge in [-0.05, 0) is 0 Å². The molecule has 0 saturated heterocycles. The van der Waals surface area contributed by atoms with Crippen LogP contribution >= 0.6 is 0 Å². The van der Waals surface area contributed by atoms with E-state index in [4.69, 9.17) is 0 Å². The second-order valence-corrected chi connectivity index (χ2v) is 1.31. The van der Waals surface area contributed by atoms with E-state index >= 15 is 0 Å². The molecular formula is C5H10NOY-. The van der Waals surface area contributed by atoms with Gasteiger partial charge in [0.2, 0.25) is 0 Å². The Hall–Kier alpha value is 0.574. The van der Waals surface area contributed by atoms with Crippen LogP contribution in [0, 0.1) is 6.54 Å². The Morgan fingerprint density at radius 3 is 2.38 bits per heavy atom. The van der Waals surface area contributed by atoms with Gasteiger partial charge in [0, 0.05) is 39.6 Å². The van der Waals surface area contributed by atoms with Gasteiger partial charge in [-0.15, -0.1) is 0 Å². The van der Waals surface area contributed by atoms with Crippen molar-refractivity contribution in [3.05, 3.63) is 6.54 Å². The zero-order chi connectivity index (χ0) is 5.70. The predicted octanol–water partition coefficient (Wildman–Crippen LogP) is 0.692. The fourth-order valence-corrected chi connectivity index (χ4v) is 0.246. The van der Waals surface area contributed by atoms with Crippen molar-refractivity contribution in [2.75, 3.05) is 0 Å². The van der Waals surface area contributed by atoms with Crippen molar-refractivity contribution in [3.63, 3.8) is 0 Å².